The van der Waals surface area contributed by atoms with E-state index in [1.807, 2.05) is 0 Å². The summed E-state index contributed by atoms with van der Waals surface area (Å²) in [7, 11) is -7.58. The number of carboxylic acid groups (broad SMARTS) is 1. The molecule has 0 spiro atoms. The molecule has 0 radical (unpaired) electrons. The smallest absolute Gasteiger partial charge is 0.322 e. The number of hydrogen-bond donors (Lipinski definition) is 4. The molecule has 216 valence electrons. The van der Waals surface area contributed by atoms with E-state index in [1.165, 1.54) is 12.1 Å². The summed E-state index contributed by atoms with van der Waals surface area (Å²) < 4.78 is 59.2. The number of benzene rings is 3. The van der Waals surface area contributed by atoms with Crippen LogP contribution >= 0.6 is 0 Å². The van der Waals surface area contributed by atoms with Crippen LogP contribution in [0.5, 0.6) is 0 Å². The molecule has 0 saturated carbocycles. The average molecular weight is 600 g/mol. The zero-order valence-corrected chi connectivity index (χ0v) is 24.3. The molecule has 1 atom stereocenters. The Hall–Kier alpha value is -4.20. The van der Waals surface area contributed by atoms with Crippen molar-refractivity contribution in [1.29, 1.82) is 0 Å². The minimum Gasteiger partial charge on any atom is -0.480 e. The van der Waals surface area contributed by atoms with Crippen LogP contribution in [-0.2, 0) is 24.8 Å². The second-order valence-corrected chi connectivity index (χ2v) is 13.3. The van der Waals surface area contributed by atoms with Gasteiger partial charge in [0.25, 0.3) is 5.91 Å². The fraction of sp³-hybridized carbons (Fsp3) is 0.214. The Balaban J connectivity index is 1.50. The Morgan fingerprint density at radius 3 is 2.00 bits per heavy atom. The SMILES string of the molecule is Cc1c(C(=O)Nc2ccc(-c3ccc(S(=O)(=O)NC(C(=O)O)C(C)C)cc3)cc2)oc2cccc(NS(C)(=O)=O)c12. The van der Waals surface area contributed by atoms with Gasteiger partial charge in [-0.25, -0.2) is 16.8 Å². The summed E-state index contributed by atoms with van der Waals surface area (Å²) in [6, 6.07) is 16.4. The maximum Gasteiger partial charge on any atom is 0.322 e. The third kappa shape index (κ3) is 6.76. The highest BCUT2D eigenvalue weighted by molar-refractivity contribution is 7.92. The molecule has 4 N–H and O–H groups in total. The van der Waals surface area contributed by atoms with E-state index in [0.29, 0.717) is 33.5 Å². The number of fused-ring (bicyclic) bond motifs is 1. The van der Waals surface area contributed by atoms with Crippen LogP contribution in [-0.4, -0.2) is 46.1 Å². The molecule has 0 aliphatic heterocycles. The fourth-order valence-electron chi connectivity index (χ4n) is 4.27. The number of anilines is 2. The molecule has 1 heterocycles. The lowest BCUT2D eigenvalue weighted by atomic mass is 10.1. The third-order valence-corrected chi connectivity index (χ3v) is 8.36. The molecule has 0 fully saturated rings. The molecule has 13 heteroatoms. The molecule has 1 amide bonds. The molecule has 4 rings (SSSR count). The van der Waals surface area contributed by atoms with Gasteiger partial charge in [0.2, 0.25) is 20.0 Å². The topological polar surface area (TPSA) is 172 Å². The van der Waals surface area contributed by atoms with Crippen LogP contribution in [0.4, 0.5) is 11.4 Å². The van der Waals surface area contributed by atoms with Gasteiger partial charge < -0.3 is 14.8 Å². The molecule has 1 unspecified atom stereocenters. The van der Waals surface area contributed by atoms with Crippen LogP contribution in [0.3, 0.4) is 0 Å². The summed E-state index contributed by atoms with van der Waals surface area (Å²) in [6.07, 6.45) is 1.04. The van der Waals surface area contributed by atoms with Gasteiger partial charge in [0.05, 0.1) is 16.8 Å². The number of carboxylic acids is 1. The molecule has 0 saturated heterocycles. The quantitative estimate of drug-likeness (QED) is 0.207. The van der Waals surface area contributed by atoms with Crippen molar-refractivity contribution in [2.24, 2.45) is 5.92 Å². The molecular formula is C28H29N3O8S2. The number of rotatable bonds is 10. The standard InChI is InChI=1S/C28H29N3O8S2/c1-16(2)25(28(33)34)31-41(37,38)21-14-10-19(11-15-21)18-8-12-20(13-9-18)29-27(32)26-17(3)24-22(30-40(4,35)36)6-5-7-23(24)39-26/h5-16,25,30-31H,1-4H3,(H,29,32)(H,33,34). The van der Waals surface area contributed by atoms with E-state index >= 15 is 0 Å². The number of carbonyl (C=O) groups excluding carboxylic acids is 1. The van der Waals surface area contributed by atoms with Crippen LogP contribution in [0.25, 0.3) is 22.1 Å². The van der Waals surface area contributed by atoms with E-state index in [-0.39, 0.29) is 10.7 Å². The lowest BCUT2D eigenvalue weighted by molar-refractivity contribution is -0.140. The van der Waals surface area contributed by atoms with E-state index in [9.17, 15) is 31.5 Å². The van der Waals surface area contributed by atoms with Gasteiger partial charge in [0.1, 0.15) is 11.6 Å². The number of sulfonamides is 2. The lowest BCUT2D eigenvalue weighted by Gasteiger charge is -2.18. The second-order valence-electron chi connectivity index (χ2n) is 9.85. The van der Waals surface area contributed by atoms with E-state index < -0.39 is 43.9 Å². The third-order valence-electron chi connectivity index (χ3n) is 6.31. The number of furan rings is 1. The lowest BCUT2D eigenvalue weighted by Crippen LogP contribution is -2.44. The molecule has 0 aliphatic rings. The summed E-state index contributed by atoms with van der Waals surface area (Å²) in [5.74, 6) is -2.16. The maximum atomic E-state index is 13.0. The molecular weight excluding hydrogens is 570 g/mol. The molecule has 11 nitrogen and oxygen atoms in total. The van der Waals surface area contributed by atoms with Crippen molar-refractivity contribution in [3.63, 3.8) is 0 Å². The highest BCUT2D eigenvalue weighted by atomic mass is 32.2. The first-order valence-corrected chi connectivity index (χ1v) is 15.8. The molecule has 41 heavy (non-hydrogen) atoms. The second kappa shape index (κ2) is 11.4. The highest BCUT2D eigenvalue weighted by Crippen LogP contribution is 2.33. The summed E-state index contributed by atoms with van der Waals surface area (Å²) >= 11 is 0. The minimum absolute atomic E-state index is 0.0415. The Morgan fingerprint density at radius 1 is 0.878 bits per heavy atom. The van der Waals surface area contributed by atoms with E-state index in [4.69, 9.17) is 4.42 Å². The van der Waals surface area contributed by atoms with Crippen molar-refractivity contribution >= 4 is 54.3 Å². The number of carbonyl (C=O) groups is 2. The van der Waals surface area contributed by atoms with Crippen LogP contribution < -0.4 is 14.8 Å². The van der Waals surface area contributed by atoms with Crippen LogP contribution in [0.1, 0.15) is 30.0 Å². The number of amides is 1. The molecule has 1 aromatic heterocycles. The average Bonchev–Trinajstić information content (AvgIpc) is 3.24. The maximum absolute atomic E-state index is 13.0. The van der Waals surface area contributed by atoms with Crippen molar-refractivity contribution in [2.75, 3.05) is 16.3 Å². The first kappa shape index (κ1) is 29.8. The van der Waals surface area contributed by atoms with Crippen molar-refractivity contribution in [3.05, 3.63) is 78.1 Å². The zero-order valence-electron chi connectivity index (χ0n) is 22.6. The Labute approximate surface area is 237 Å². The van der Waals surface area contributed by atoms with Gasteiger partial charge in [-0.3, -0.25) is 14.3 Å². The Bertz CT molecular complexity index is 1830. The molecule has 3 aromatic carbocycles. The summed E-state index contributed by atoms with van der Waals surface area (Å²) in [6.45, 7) is 4.90. The summed E-state index contributed by atoms with van der Waals surface area (Å²) in [5, 5.41) is 12.6. The predicted molar refractivity (Wildman–Crippen MR) is 156 cm³/mol. The van der Waals surface area contributed by atoms with E-state index in [1.54, 1.807) is 75.4 Å². The van der Waals surface area contributed by atoms with Gasteiger partial charge in [-0.2, -0.15) is 4.72 Å². The van der Waals surface area contributed by atoms with Crippen LogP contribution in [0, 0.1) is 12.8 Å². The predicted octanol–water partition coefficient (Wildman–Crippen LogP) is 4.42. The molecule has 4 aromatic rings. The van der Waals surface area contributed by atoms with Gasteiger partial charge in [-0.15, -0.1) is 0 Å². The van der Waals surface area contributed by atoms with Crippen LogP contribution in [0.2, 0.25) is 0 Å². The monoisotopic (exact) mass is 599 g/mol. The van der Waals surface area contributed by atoms with Crippen molar-refractivity contribution in [2.45, 2.75) is 31.7 Å². The number of nitrogens with one attached hydrogen (secondary N) is 3. The van der Waals surface area contributed by atoms with Crippen molar-refractivity contribution in [3.8, 4) is 11.1 Å². The van der Waals surface area contributed by atoms with Gasteiger partial charge in [0.15, 0.2) is 5.76 Å². The van der Waals surface area contributed by atoms with Gasteiger partial charge in [-0.05, 0) is 60.4 Å². The number of aliphatic carboxylic acids is 1. The van der Waals surface area contributed by atoms with Crippen molar-refractivity contribution < 1.29 is 35.9 Å². The molecule has 0 bridgehead atoms. The first-order chi connectivity index (χ1) is 19.2. The highest BCUT2D eigenvalue weighted by Gasteiger charge is 2.28. The fourth-order valence-corrected chi connectivity index (χ4v) is 6.18. The van der Waals surface area contributed by atoms with Gasteiger partial charge >= 0.3 is 5.97 Å². The number of hydrogen-bond acceptors (Lipinski definition) is 7. The summed E-state index contributed by atoms with van der Waals surface area (Å²) in [5.41, 5.74) is 3.09. The zero-order chi connectivity index (χ0) is 30.1. The van der Waals surface area contributed by atoms with E-state index in [2.05, 4.69) is 14.8 Å². The Morgan fingerprint density at radius 2 is 1.46 bits per heavy atom. The number of aryl methyl sites for hydroxylation is 1. The van der Waals surface area contributed by atoms with Gasteiger partial charge in [-0.1, -0.05) is 44.2 Å². The van der Waals surface area contributed by atoms with Gasteiger partial charge in [0, 0.05) is 16.6 Å². The van der Waals surface area contributed by atoms with Crippen LogP contribution in [0.15, 0.2) is 76.0 Å². The molecule has 0 aliphatic carbocycles. The minimum atomic E-state index is -4.04. The normalized spacial score (nSPS) is 12.8. The van der Waals surface area contributed by atoms with E-state index in [0.717, 1.165) is 11.8 Å². The first-order valence-electron chi connectivity index (χ1n) is 12.4. The summed E-state index contributed by atoms with van der Waals surface area (Å²) in [4.78, 5) is 24.3. The Kier molecular flexibility index (Phi) is 8.24. The van der Waals surface area contributed by atoms with Crippen molar-refractivity contribution in [1.82, 2.24) is 4.72 Å². The largest absolute Gasteiger partial charge is 0.480 e.